The maximum Gasteiger partial charge on any atom is 0.257 e. The standard InChI is InChI=1S/C17H29N3O2/c1-12(2)8-10-20-13(3)14(11-18-20)16(21)19-9-6-7-15(19)17(4,5)22/h11-12,15,22H,6-10H2,1-5H3. The average molecular weight is 307 g/mol. The molecule has 22 heavy (non-hydrogen) atoms. The van der Waals surface area contributed by atoms with E-state index in [0.29, 0.717) is 18.0 Å². The summed E-state index contributed by atoms with van der Waals surface area (Å²) in [4.78, 5) is 14.7. The zero-order chi connectivity index (χ0) is 16.5. The minimum absolute atomic E-state index is 0.00192. The van der Waals surface area contributed by atoms with Gasteiger partial charge in [-0.1, -0.05) is 13.8 Å². The third-order valence-corrected chi connectivity index (χ3v) is 4.58. The SMILES string of the molecule is Cc1c(C(=O)N2CCCC2C(C)(C)O)cnn1CCC(C)C. The summed E-state index contributed by atoms with van der Waals surface area (Å²) >= 11 is 0. The predicted octanol–water partition coefficient (Wildman–Crippen LogP) is 2.61. The molecule has 2 heterocycles. The van der Waals surface area contributed by atoms with Gasteiger partial charge in [0.15, 0.2) is 0 Å². The number of hydrogen-bond acceptors (Lipinski definition) is 3. The molecule has 1 saturated heterocycles. The molecular weight excluding hydrogens is 278 g/mol. The normalized spacial score (nSPS) is 19.2. The Kier molecular flexibility index (Phi) is 4.95. The third-order valence-electron chi connectivity index (χ3n) is 4.58. The fourth-order valence-electron chi connectivity index (χ4n) is 3.16. The Morgan fingerprint density at radius 2 is 2.18 bits per heavy atom. The lowest BCUT2D eigenvalue weighted by atomic mass is 9.96. The van der Waals surface area contributed by atoms with E-state index >= 15 is 0 Å². The minimum atomic E-state index is -0.867. The van der Waals surface area contributed by atoms with E-state index < -0.39 is 5.60 Å². The van der Waals surface area contributed by atoms with Gasteiger partial charge in [-0.2, -0.15) is 5.10 Å². The van der Waals surface area contributed by atoms with Gasteiger partial charge in [0, 0.05) is 18.8 Å². The first-order chi connectivity index (χ1) is 10.2. The van der Waals surface area contributed by atoms with Crippen molar-refractivity contribution in [2.24, 2.45) is 5.92 Å². The molecule has 0 aromatic carbocycles. The quantitative estimate of drug-likeness (QED) is 0.909. The predicted molar refractivity (Wildman–Crippen MR) is 86.8 cm³/mol. The highest BCUT2D eigenvalue weighted by Gasteiger charge is 2.39. The summed E-state index contributed by atoms with van der Waals surface area (Å²) in [6.45, 7) is 11.4. The second-order valence-electron chi connectivity index (χ2n) is 7.36. The number of carbonyl (C=O) groups is 1. The van der Waals surface area contributed by atoms with Crippen LogP contribution in [0.3, 0.4) is 0 Å². The number of aromatic nitrogens is 2. The lowest BCUT2D eigenvalue weighted by Gasteiger charge is -2.33. The zero-order valence-electron chi connectivity index (χ0n) is 14.5. The van der Waals surface area contributed by atoms with Gasteiger partial charge in [0.05, 0.1) is 23.4 Å². The highest BCUT2D eigenvalue weighted by atomic mass is 16.3. The van der Waals surface area contributed by atoms with Crippen LogP contribution in [0.5, 0.6) is 0 Å². The molecule has 1 fully saturated rings. The summed E-state index contributed by atoms with van der Waals surface area (Å²) in [5.41, 5.74) is 0.722. The minimum Gasteiger partial charge on any atom is -0.388 e. The van der Waals surface area contributed by atoms with Gasteiger partial charge < -0.3 is 10.0 Å². The first kappa shape index (κ1) is 17.0. The number of amides is 1. The van der Waals surface area contributed by atoms with Gasteiger partial charge in [0.2, 0.25) is 0 Å². The summed E-state index contributed by atoms with van der Waals surface area (Å²) in [5, 5.41) is 14.7. The maximum absolute atomic E-state index is 12.8. The molecule has 1 aliphatic rings. The molecule has 1 N–H and O–H groups in total. The average Bonchev–Trinajstić information content (AvgIpc) is 3.02. The highest BCUT2D eigenvalue weighted by molar-refractivity contribution is 5.95. The summed E-state index contributed by atoms with van der Waals surface area (Å²) in [7, 11) is 0. The van der Waals surface area contributed by atoms with E-state index in [-0.39, 0.29) is 11.9 Å². The molecule has 0 bridgehead atoms. The van der Waals surface area contributed by atoms with Crippen molar-refractivity contribution in [2.45, 2.75) is 72.1 Å². The molecule has 1 unspecified atom stereocenters. The summed E-state index contributed by atoms with van der Waals surface area (Å²) < 4.78 is 1.92. The molecule has 0 saturated carbocycles. The monoisotopic (exact) mass is 307 g/mol. The molecule has 124 valence electrons. The number of carbonyl (C=O) groups excluding carboxylic acids is 1. The van der Waals surface area contributed by atoms with E-state index in [4.69, 9.17) is 0 Å². The Bertz CT molecular complexity index is 528. The molecule has 5 heteroatoms. The van der Waals surface area contributed by atoms with Gasteiger partial charge in [0.1, 0.15) is 0 Å². The molecule has 5 nitrogen and oxygen atoms in total. The van der Waals surface area contributed by atoms with Crippen molar-refractivity contribution in [3.63, 3.8) is 0 Å². The highest BCUT2D eigenvalue weighted by Crippen LogP contribution is 2.28. The second-order valence-corrected chi connectivity index (χ2v) is 7.36. The third kappa shape index (κ3) is 3.51. The smallest absolute Gasteiger partial charge is 0.257 e. The van der Waals surface area contributed by atoms with Crippen molar-refractivity contribution in [3.8, 4) is 0 Å². The van der Waals surface area contributed by atoms with Crippen molar-refractivity contribution in [2.75, 3.05) is 6.54 Å². The van der Waals surface area contributed by atoms with E-state index in [1.54, 1.807) is 20.0 Å². The Morgan fingerprint density at radius 3 is 2.77 bits per heavy atom. The van der Waals surface area contributed by atoms with Crippen LogP contribution in [0.4, 0.5) is 0 Å². The summed E-state index contributed by atoms with van der Waals surface area (Å²) in [5.74, 6) is 0.610. The number of likely N-dealkylation sites (tertiary alicyclic amines) is 1. The fraction of sp³-hybridized carbons (Fsp3) is 0.765. The van der Waals surface area contributed by atoms with Crippen LogP contribution in [0.15, 0.2) is 6.20 Å². The number of rotatable bonds is 5. The molecule has 1 aromatic rings. The zero-order valence-corrected chi connectivity index (χ0v) is 14.5. The topological polar surface area (TPSA) is 58.4 Å². The van der Waals surface area contributed by atoms with Gasteiger partial charge in [-0.15, -0.1) is 0 Å². The van der Waals surface area contributed by atoms with Crippen molar-refractivity contribution < 1.29 is 9.90 Å². The maximum atomic E-state index is 12.8. The number of aliphatic hydroxyl groups is 1. The largest absolute Gasteiger partial charge is 0.388 e. The van der Waals surface area contributed by atoms with E-state index in [1.807, 2.05) is 16.5 Å². The van der Waals surface area contributed by atoms with Crippen LogP contribution in [0.2, 0.25) is 0 Å². The Labute approximate surface area is 133 Å². The van der Waals surface area contributed by atoms with Crippen LogP contribution in [-0.4, -0.2) is 43.9 Å². The molecule has 1 aliphatic heterocycles. The van der Waals surface area contributed by atoms with Crippen LogP contribution >= 0.6 is 0 Å². The van der Waals surface area contributed by atoms with Gasteiger partial charge in [-0.3, -0.25) is 9.48 Å². The number of aryl methyl sites for hydroxylation is 1. The van der Waals surface area contributed by atoms with Crippen molar-refractivity contribution in [3.05, 3.63) is 17.5 Å². The molecule has 0 spiro atoms. The van der Waals surface area contributed by atoms with Crippen LogP contribution < -0.4 is 0 Å². The van der Waals surface area contributed by atoms with Crippen LogP contribution in [-0.2, 0) is 6.54 Å². The van der Waals surface area contributed by atoms with Gasteiger partial charge in [-0.25, -0.2) is 0 Å². The molecule has 0 radical (unpaired) electrons. The van der Waals surface area contributed by atoms with E-state index in [2.05, 4.69) is 18.9 Å². The Balaban J connectivity index is 2.16. The fourth-order valence-corrected chi connectivity index (χ4v) is 3.16. The van der Waals surface area contributed by atoms with Crippen LogP contribution in [0.1, 0.15) is 63.0 Å². The lowest BCUT2D eigenvalue weighted by molar-refractivity contribution is 0.000297. The van der Waals surface area contributed by atoms with Crippen molar-refractivity contribution in [1.29, 1.82) is 0 Å². The molecule has 1 aromatic heterocycles. The lowest BCUT2D eigenvalue weighted by Crippen LogP contribution is -2.48. The van der Waals surface area contributed by atoms with Gasteiger partial charge in [0.25, 0.3) is 5.91 Å². The van der Waals surface area contributed by atoms with Crippen LogP contribution in [0.25, 0.3) is 0 Å². The molecular formula is C17H29N3O2. The van der Waals surface area contributed by atoms with E-state index in [9.17, 15) is 9.90 Å². The summed E-state index contributed by atoms with van der Waals surface area (Å²) in [6.07, 6.45) is 4.53. The molecule has 1 amide bonds. The first-order valence-corrected chi connectivity index (χ1v) is 8.27. The van der Waals surface area contributed by atoms with Crippen LogP contribution in [0, 0.1) is 12.8 Å². The Morgan fingerprint density at radius 1 is 1.50 bits per heavy atom. The number of hydrogen-bond donors (Lipinski definition) is 1. The van der Waals surface area contributed by atoms with E-state index in [0.717, 1.165) is 31.5 Å². The van der Waals surface area contributed by atoms with Gasteiger partial charge in [-0.05, 0) is 46.0 Å². The number of nitrogens with zero attached hydrogens (tertiary/aromatic N) is 3. The Hall–Kier alpha value is -1.36. The second kappa shape index (κ2) is 6.41. The van der Waals surface area contributed by atoms with Gasteiger partial charge >= 0.3 is 0 Å². The van der Waals surface area contributed by atoms with Crippen molar-refractivity contribution in [1.82, 2.24) is 14.7 Å². The first-order valence-electron chi connectivity index (χ1n) is 8.27. The summed E-state index contributed by atoms with van der Waals surface area (Å²) in [6, 6.07) is -0.113. The van der Waals surface area contributed by atoms with E-state index in [1.165, 1.54) is 0 Å². The molecule has 0 aliphatic carbocycles. The van der Waals surface area contributed by atoms with Crippen molar-refractivity contribution >= 4 is 5.91 Å². The molecule has 1 atom stereocenters. The molecule has 2 rings (SSSR count).